The molecule has 0 bridgehead atoms. The Balaban J connectivity index is 1.76. The van der Waals surface area contributed by atoms with Gasteiger partial charge in [0.15, 0.2) is 11.5 Å². The van der Waals surface area contributed by atoms with E-state index in [4.69, 9.17) is 32.7 Å². The molecule has 0 aliphatic rings. The lowest BCUT2D eigenvalue weighted by Crippen LogP contribution is -2.07. The third-order valence-corrected chi connectivity index (χ3v) is 4.53. The van der Waals surface area contributed by atoms with Crippen LogP contribution in [0.3, 0.4) is 0 Å². The van der Waals surface area contributed by atoms with Gasteiger partial charge in [-0.3, -0.25) is 0 Å². The molecule has 27 heavy (non-hydrogen) atoms. The van der Waals surface area contributed by atoms with Crippen LogP contribution in [-0.4, -0.2) is 27.3 Å². The minimum absolute atomic E-state index is 0.0552. The fourth-order valence-corrected chi connectivity index (χ4v) is 2.80. The van der Waals surface area contributed by atoms with E-state index < -0.39 is 5.82 Å². The minimum atomic E-state index is -0.439. The summed E-state index contributed by atoms with van der Waals surface area (Å²) in [5.74, 6) is 0.899. The number of aryl methyl sites for hydroxylation is 1. The molecule has 0 aliphatic carbocycles. The van der Waals surface area contributed by atoms with E-state index in [0.29, 0.717) is 29.0 Å². The summed E-state index contributed by atoms with van der Waals surface area (Å²) in [4.78, 5) is 0. The van der Waals surface area contributed by atoms with Crippen molar-refractivity contribution in [3.8, 4) is 11.5 Å². The molecule has 3 aromatic rings. The zero-order valence-corrected chi connectivity index (χ0v) is 16.1. The van der Waals surface area contributed by atoms with E-state index in [1.807, 2.05) is 0 Å². The van der Waals surface area contributed by atoms with Crippen molar-refractivity contribution >= 4 is 29.2 Å². The van der Waals surface area contributed by atoms with Crippen molar-refractivity contribution in [1.82, 2.24) is 20.2 Å². The van der Waals surface area contributed by atoms with Crippen molar-refractivity contribution in [3.05, 3.63) is 57.3 Å². The first-order valence-corrected chi connectivity index (χ1v) is 8.63. The van der Waals surface area contributed by atoms with Crippen LogP contribution < -0.4 is 14.8 Å². The number of rotatable bonds is 7. The van der Waals surface area contributed by atoms with E-state index in [9.17, 15) is 4.39 Å². The lowest BCUT2D eigenvalue weighted by atomic mass is 10.2. The normalized spacial score (nSPS) is 10.7. The predicted octanol–water partition coefficient (Wildman–Crippen LogP) is 3.86. The van der Waals surface area contributed by atoms with Crippen LogP contribution in [-0.2, 0) is 20.2 Å². The number of benzene rings is 2. The Hall–Kier alpha value is -2.58. The Morgan fingerprint density at radius 2 is 2.00 bits per heavy atom. The Kier molecular flexibility index (Phi) is 5.98. The van der Waals surface area contributed by atoms with Crippen molar-refractivity contribution < 1.29 is 13.9 Å². The van der Waals surface area contributed by atoms with Gasteiger partial charge in [-0.2, -0.15) is 0 Å². The number of nitrogens with one attached hydrogen (secondary N) is 1. The van der Waals surface area contributed by atoms with Gasteiger partial charge in [0.05, 0.1) is 12.1 Å². The number of tetrazole rings is 1. The fourth-order valence-electron chi connectivity index (χ4n) is 2.36. The number of hydrogen-bond donors (Lipinski definition) is 1. The number of halogens is 3. The molecule has 0 spiro atoms. The summed E-state index contributed by atoms with van der Waals surface area (Å²) >= 11 is 12.4. The SMILES string of the molecule is COc1cc(CNc2nnnn2C)c(Cl)cc1OCc1c(F)cccc1Cl. The maximum absolute atomic E-state index is 13.9. The Bertz CT molecular complexity index is 931. The third-order valence-electron chi connectivity index (χ3n) is 3.82. The Morgan fingerprint density at radius 3 is 2.67 bits per heavy atom. The minimum Gasteiger partial charge on any atom is -0.493 e. The molecule has 3 rings (SSSR count). The van der Waals surface area contributed by atoms with Crippen molar-refractivity contribution in [2.45, 2.75) is 13.2 Å². The lowest BCUT2D eigenvalue weighted by molar-refractivity contribution is 0.279. The second-order valence-corrected chi connectivity index (χ2v) is 6.38. The van der Waals surface area contributed by atoms with Gasteiger partial charge in [-0.25, -0.2) is 9.07 Å². The molecule has 0 atom stereocenters. The van der Waals surface area contributed by atoms with Crippen molar-refractivity contribution in [1.29, 1.82) is 0 Å². The van der Waals surface area contributed by atoms with Crippen LogP contribution in [0.4, 0.5) is 10.3 Å². The molecule has 0 unspecified atom stereocenters. The molecular weight excluding hydrogens is 396 g/mol. The van der Waals surface area contributed by atoms with Gasteiger partial charge in [0.25, 0.3) is 0 Å². The largest absolute Gasteiger partial charge is 0.493 e. The molecule has 0 radical (unpaired) electrons. The highest BCUT2D eigenvalue weighted by molar-refractivity contribution is 6.31. The van der Waals surface area contributed by atoms with Crippen LogP contribution in [0.15, 0.2) is 30.3 Å². The number of nitrogens with zero attached hydrogens (tertiary/aromatic N) is 4. The molecular formula is C17H16Cl2FN5O2. The van der Waals surface area contributed by atoms with Crippen LogP contribution in [0.5, 0.6) is 11.5 Å². The maximum atomic E-state index is 13.9. The van der Waals surface area contributed by atoms with Gasteiger partial charge in [-0.05, 0) is 34.2 Å². The van der Waals surface area contributed by atoms with Gasteiger partial charge in [0, 0.05) is 30.2 Å². The highest BCUT2D eigenvalue weighted by Gasteiger charge is 2.14. The van der Waals surface area contributed by atoms with Gasteiger partial charge < -0.3 is 14.8 Å². The highest BCUT2D eigenvalue weighted by atomic mass is 35.5. The van der Waals surface area contributed by atoms with Crippen LogP contribution in [0, 0.1) is 5.82 Å². The van der Waals surface area contributed by atoms with Crippen LogP contribution >= 0.6 is 23.2 Å². The van der Waals surface area contributed by atoms with Gasteiger partial charge in [0.2, 0.25) is 5.95 Å². The van der Waals surface area contributed by atoms with Crippen LogP contribution in [0.1, 0.15) is 11.1 Å². The molecule has 0 saturated carbocycles. The molecule has 10 heteroatoms. The topological polar surface area (TPSA) is 74.1 Å². The zero-order chi connectivity index (χ0) is 19.4. The molecule has 0 amide bonds. The van der Waals surface area contributed by atoms with E-state index >= 15 is 0 Å². The molecule has 1 aromatic heterocycles. The van der Waals surface area contributed by atoms with Gasteiger partial charge in [0.1, 0.15) is 12.4 Å². The first-order chi connectivity index (χ1) is 13.0. The van der Waals surface area contributed by atoms with Crippen LogP contribution in [0.25, 0.3) is 0 Å². The summed E-state index contributed by atoms with van der Waals surface area (Å²) in [5, 5.41) is 15.0. The number of methoxy groups -OCH3 is 1. The van der Waals surface area contributed by atoms with E-state index in [0.717, 1.165) is 5.56 Å². The molecule has 2 aromatic carbocycles. The monoisotopic (exact) mass is 411 g/mol. The Labute approximate surface area is 165 Å². The molecule has 0 saturated heterocycles. The number of hydrogen-bond acceptors (Lipinski definition) is 6. The predicted molar refractivity (Wildman–Crippen MR) is 99.9 cm³/mol. The van der Waals surface area contributed by atoms with Crippen molar-refractivity contribution in [3.63, 3.8) is 0 Å². The quantitative estimate of drug-likeness (QED) is 0.636. The molecule has 142 valence electrons. The lowest BCUT2D eigenvalue weighted by Gasteiger charge is -2.15. The van der Waals surface area contributed by atoms with E-state index in [2.05, 4.69) is 20.8 Å². The fraction of sp³-hybridized carbons (Fsp3) is 0.235. The second kappa shape index (κ2) is 8.41. The van der Waals surface area contributed by atoms with E-state index in [1.54, 1.807) is 25.2 Å². The van der Waals surface area contributed by atoms with E-state index in [1.165, 1.54) is 23.9 Å². The average Bonchev–Trinajstić information content (AvgIpc) is 3.05. The summed E-state index contributed by atoms with van der Waals surface area (Å²) in [6.07, 6.45) is 0. The van der Waals surface area contributed by atoms with Crippen molar-refractivity contribution in [2.75, 3.05) is 12.4 Å². The number of ether oxygens (including phenoxy) is 2. The van der Waals surface area contributed by atoms with E-state index in [-0.39, 0.29) is 17.2 Å². The highest BCUT2D eigenvalue weighted by Crippen LogP contribution is 2.34. The summed E-state index contributed by atoms with van der Waals surface area (Å²) in [6, 6.07) is 7.81. The van der Waals surface area contributed by atoms with Gasteiger partial charge in [-0.15, -0.1) is 0 Å². The van der Waals surface area contributed by atoms with Gasteiger partial charge >= 0.3 is 0 Å². The zero-order valence-electron chi connectivity index (χ0n) is 14.5. The summed E-state index contributed by atoms with van der Waals surface area (Å²) in [6.45, 7) is 0.323. The van der Waals surface area contributed by atoms with Crippen molar-refractivity contribution in [2.24, 2.45) is 7.05 Å². The molecule has 7 nitrogen and oxygen atoms in total. The third kappa shape index (κ3) is 4.40. The first kappa shape index (κ1) is 19.2. The molecule has 0 aliphatic heterocycles. The number of anilines is 1. The van der Waals surface area contributed by atoms with Gasteiger partial charge in [-0.1, -0.05) is 34.4 Å². The summed E-state index contributed by atoms with van der Waals surface area (Å²) in [7, 11) is 3.23. The molecule has 1 heterocycles. The van der Waals surface area contributed by atoms with Crippen LogP contribution in [0.2, 0.25) is 10.0 Å². The standard InChI is InChI=1S/C17H16Cl2FN5O2/c1-25-17(22-23-24-25)21-8-10-6-15(26-2)16(7-13(10)19)27-9-11-12(18)4-3-5-14(11)20/h3-7H,8-9H2,1-2H3,(H,21,22,24). The smallest absolute Gasteiger partial charge is 0.242 e. The average molecular weight is 412 g/mol. The first-order valence-electron chi connectivity index (χ1n) is 7.88. The second-order valence-electron chi connectivity index (χ2n) is 5.56. The number of aromatic nitrogens is 4. The summed E-state index contributed by atoms with van der Waals surface area (Å²) in [5.41, 5.74) is 1.02. The Morgan fingerprint density at radius 1 is 1.19 bits per heavy atom. The molecule has 1 N–H and O–H groups in total. The summed E-state index contributed by atoms with van der Waals surface area (Å²) < 4.78 is 26.5. The maximum Gasteiger partial charge on any atom is 0.242 e. The molecule has 0 fully saturated rings.